The zero-order valence-electron chi connectivity index (χ0n) is 10.0. The topological polar surface area (TPSA) is 116 Å². The second-order valence-electron chi connectivity index (χ2n) is 3.97. The Hall–Kier alpha value is -2.83. The minimum atomic E-state index is -0.500. The highest BCUT2D eigenvalue weighted by Crippen LogP contribution is 2.10. The van der Waals surface area contributed by atoms with Gasteiger partial charge < -0.3 is 16.8 Å². The quantitative estimate of drug-likeness (QED) is 0.680. The van der Waals surface area contributed by atoms with Crippen LogP contribution in [0.2, 0.25) is 0 Å². The number of nitrogen functional groups attached to an aromatic ring is 1. The van der Waals surface area contributed by atoms with Crippen LogP contribution in [0.1, 0.15) is 10.4 Å². The molecule has 98 valence electrons. The fraction of sp³-hybridized carbons (Fsp3) is 0.0833. The van der Waals surface area contributed by atoms with E-state index in [2.05, 4.69) is 10.4 Å². The predicted octanol–water partition coefficient (Wildman–Crippen LogP) is 0.203. The van der Waals surface area contributed by atoms with Crippen molar-refractivity contribution in [3.63, 3.8) is 0 Å². The van der Waals surface area contributed by atoms with Gasteiger partial charge in [0.2, 0.25) is 5.91 Å². The summed E-state index contributed by atoms with van der Waals surface area (Å²) < 4.78 is 1.35. The Morgan fingerprint density at radius 3 is 2.58 bits per heavy atom. The summed E-state index contributed by atoms with van der Waals surface area (Å²) in [5.74, 6) is -0.780. The number of primary amides is 1. The number of nitrogens with zero attached hydrogens (tertiary/aromatic N) is 2. The molecule has 1 aromatic carbocycles. The molecule has 0 radical (unpaired) electrons. The van der Waals surface area contributed by atoms with Crippen molar-refractivity contribution in [1.82, 2.24) is 9.78 Å². The molecule has 0 atom stereocenters. The average molecular weight is 259 g/mol. The van der Waals surface area contributed by atoms with E-state index in [9.17, 15) is 9.59 Å². The lowest BCUT2D eigenvalue weighted by Gasteiger charge is -2.02. The van der Waals surface area contributed by atoms with Crippen LogP contribution in [0, 0.1) is 0 Å². The number of benzene rings is 1. The van der Waals surface area contributed by atoms with Gasteiger partial charge in [-0.15, -0.1) is 0 Å². The van der Waals surface area contributed by atoms with Gasteiger partial charge in [0.15, 0.2) is 0 Å². The largest absolute Gasteiger partial charge is 0.399 e. The molecule has 5 N–H and O–H groups in total. The summed E-state index contributed by atoms with van der Waals surface area (Å²) in [6.45, 7) is -0.0300. The standard InChI is InChI=1S/C12H13N5O2/c13-9-3-1-8(2-4-9)12(19)16-10-5-15-17(6-10)7-11(14)18/h1-6H,7,13H2,(H2,14,18)(H,16,19). The Bertz CT molecular complexity index is 603. The first-order valence-corrected chi connectivity index (χ1v) is 5.52. The summed E-state index contributed by atoms with van der Waals surface area (Å²) in [7, 11) is 0. The number of hydrogen-bond donors (Lipinski definition) is 3. The van der Waals surface area contributed by atoms with E-state index in [4.69, 9.17) is 11.5 Å². The molecule has 0 unspecified atom stereocenters. The molecule has 19 heavy (non-hydrogen) atoms. The van der Waals surface area contributed by atoms with E-state index in [1.54, 1.807) is 24.3 Å². The van der Waals surface area contributed by atoms with Crippen LogP contribution in [0.4, 0.5) is 11.4 Å². The number of anilines is 2. The first-order valence-electron chi connectivity index (χ1n) is 5.52. The number of hydrogen-bond acceptors (Lipinski definition) is 4. The Kier molecular flexibility index (Phi) is 3.46. The molecule has 0 saturated heterocycles. The van der Waals surface area contributed by atoms with E-state index >= 15 is 0 Å². The maximum atomic E-state index is 11.9. The van der Waals surface area contributed by atoms with Crippen molar-refractivity contribution in [3.8, 4) is 0 Å². The van der Waals surface area contributed by atoms with E-state index in [1.165, 1.54) is 17.1 Å². The summed E-state index contributed by atoms with van der Waals surface area (Å²) in [6.07, 6.45) is 2.97. The Labute approximate surface area is 109 Å². The van der Waals surface area contributed by atoms with Crippen LogP contribution in [0.5, 0.6) is 0 Å². The summed E-state index contributed by atoms with van der Waals surface area (Å²) in [6, 6.07) is 6.54. The highest BCUT2D eigenvalue weighted by molar-refractivity contribution is 6.04. The van der Waals surface area contributed by atoms with Gasteiger partial charge in [0, 0.05) is 17.4 Å². The van der Waals surface area contributed by atoms with Crippen LogP contribution in [-0.2, 0) is 11.3 Å². The van der Waals surface area contributed by atoms with Crippen molar-refractivity contribution in [2.45, 2.75) is 6.54 Å². The van der Waals surface area contributed by atoms with Crippen molar-refractivity contribution in [3.05, 3.63) is 42.2 Å². The molecule has 2 rings (SSSR count). The zero-order valence-corrected chi connectivity index (χ0v) is 10.0. The van der Waals surface area contributed by atoms with Crippen molar-refractivity contribution in [2.75, 3.05) is 11.1 Å². The van der Waals surface area contributed by atoms with Gasteiger partial charge in [-0.05, 0) is 24.3 Å². The van der Waals surface area contributed by atoms with Crippen molar-refractivity contribution < 1.29 is 9.59 Å². The average Bonchev–Trinajstić information content (AvgIpc) is 2.76. The second-order valence-corrected chi connectivity index (χ2v) is 3.97. The first kappa shape index (κ1) is 12.6. The number of rotatable bonds is 4. The van der Waals surface area contributed by atoms with E-state index in [0.717, 1.165) is 0 Å². The molecule has 1 heterocycles. The van der Waals surface area contributed by atoms with E-state index in [0.29, 0.717) is 16.9 Å². The molecule has 0 spiro atoms. The van der Waals surface area contributed by atoms with Crippen LogP contribution in [0.15, 0.2) is 36.7 Å². The molecule has 0 fully saturated rings. The SMILES string of the molecule is NC(=O)Cn1cc(NC(=O)c2ccc(N)cc2)cn1. The molecule has 0 aliphatic carbocycles. The Balaban J connectivity index is 2.04. The molecule has 2 amide bonds. The molecule has 0 aliphatic heterocycles. The van der Waals surface area contributed by atoms with Crippen LogP contribution in [-0.4, -0.2) is 21.6 Å². The van der Waals surface area contributed by atoms with Crippen molar-refractivity contribution in [1.29, 1.82) is 0 Å². The van der Waals surface area contributed by atoms with Gasteiger partial charge >= 0.3 is 0 Å². The summed E-state index contributed by atoms with van der Waals surface area (Å²) in [5, 5.41) is 6.55. The van der Waals surface area contributed by atoms with E-state index in [-0.39, 0.29) is 12.5 Å². The minimum absolute atomic E-state index is 0.0300. The lowest BCUT2D eigenvalue weighted by Crippen LogP contribution is -2.18. The fourth-order valence-electron chi connectivity index (χ4n) is 1.51. The maximum absolute atomic E-state index is 11.9. The highest BCUT2D eigenvalue weighted by Gasteiger charge is 2.07. The number of carbonyl (C=O) groups excluding carboxylic acids is 2. The van der Waals surface area contributed by atoms with Crippen LogP contribution < -0.4 is 16.8 Å². The van der Waals surface area contributed by atoms with E-state index < -0.39 is 5.91 Å². The number of aromatic nitrogens is 2. The van der Waals surface area contributed by atoms with Crippen LogP contribution in [0.25, 0.3) is 0 Å². The van der Waals surface area contributed by atoms with Gasteiger partial charge in [0.25, 0.3) is 5.91 Å². The summed E-state index contributed by atoms with van der Waals surface area (Å²) in [4.78, 5) is 22.6. The molecular weight excluding hydrogens is 246 g/mol. The van der Waals surface area contributed by atoms with E-state index in [1.807, 2.05) is 0 Å². The third-order valence-corrected chi connectivity index (χ3v) is 2.38. The third-order valence-electron chi connectivity index (χ3n) is 2.38. The molecule has 2 aromatic rings. The number of nitrogens with two attached hydrogens (primary N) is 2. The van der Waals surface area contributed by atoms with Gasteiger partial charge in [0.05, 0.1) is 11.9 Å². The molecular formula is C12H13N5O2. The smallest absolute Gasteiger partial charge is 0.255 e. The van der Waals surface area contributed by atoms with Gasteiger partial charge in [-0.3, -0.25) is 14.3 Å². The lowest BCUT2D eigenvalue weighted by molar-refractivity contribution is -0.118. The maximum Gasteiger partial charge on any atom is 0.255 e. The lowest BCUT2D eigenvalue weighted by atomic mass is 10.2. The third kappa shape index (κ3) is 3.32. The first-order chi connectivity index (χ1) is 9.04. The predicted molar refractivity (Wildman–Crippen MR) is 70.2 cm³/mol. The number of carbonyl (C=O) groups is 2. The molecule has 7 heteroatoms. The number of amides is 2. The van der Waals surface area contributed by atoms with Gasteiger partial charge in [-0.2, -0.15) is 5.10 Å². The normalized spacial score (nSPS) is 10.1. The zero-order chi connectivity index (χ0) is 13.8. The Morgan fingerprint density at radius 1 is 1.26 bits per heavy atom. The fourth-order valence-corrected chi connectivity index (χ4v) is 1.51. The van der Waals surface area contributed by atoms with Crippen LogP contribution in [0.3, 0.4) is 0 Å². The highest BCUT2D eigenvalue weighted by atomic mass is 16.2. The van der Waals surface area contributed by atoms with Crippen molar-refractivity contribution >= 4 is 23.2 Å². The van der Waals surface area contributed by atoms with Gasteiger partial charge in [-0.25, -0.2) is 0 Å². The van der Waals surface area contributed by atoms with Crippen LogP contribution >= 0.6 is 0 Å². The molecule has 0 aliphatic rings. The Morgan fingerprint density at radius 2 is 1.95 bits per heavy atom. The molecule has 0 bridgehead atoms. The summed E-state index contributed by atoms with van der Waals surface area (Å²) in [5.41, 5.74) is 12.1. The minimum Gasteiger partial charge on any atom is -0.399 e. The van der Waals surface area contributed by atoms with Crippen molar-refractivity contribution in [2.24, 2.45) is 5.73 Å². The molecule has 1 aromatic heterocycles. The second kappa shape index (κ2) is 5.21. The molecule has 0 saturated carbocycles. The molecule has 7 nitrogen and oxygen atoms in total. The van der Waals surface area contributed by atoms with Gasteiger partial charge in [-0.1, -0.05) is 0 Å². The monoisotopic (exact) mass is 259 g/mol. The summed E-state index contributed by atoms with van der Waals surface area (Å²) >= 11 is 0. The van der Waals surface area contributed by atoms with Gasteiger partial charge in [0.1, 0.15) is 6.54 Å². The number of nitrogens with one attached hydrogen (secondary N) is 1.